The molecule has 0 radical (unpaired) electrons. The van der Waals surface area contributed by atoms with E-state index in [1.54, 1.807) is 24.4 Å². The molecular weight excluding hydrogens is 258 g/mol. The molecule has 1 saturated carbocycles. The second-order valence-corrected chi connectivity index (χ2v) is 6.04. The number of aromatic nitrogens is 4. The first-order chi connectivity index (χ1) is 9.38. The number of H-pyrrole nitrogens is 1. The van der Waals surface area contributed by atoms with Gasteiger partial charge < -0.3 is 4.98 Å². The molecule has 1 N–H and O–H groups in total. The van der Waals surface area contributed by atoms with Crippen LogP contribution in [0.2, 0.25) is 0 Å². The summed E-state index contributed by atoms with van der Waals surface area (Å²) in [6.45, 7) is 0. The van der Waals surface area contributed by atoms with E-state index in [4.69, 9.17) is 0 Å². The van der Waals surface area contributed by atoms with Gasteiger partial charge in [-0.05, 0) is 12.8 Å². The number of rotatable bonds is 2. The summed E-state index contributed by atoms with van der Waals surface area (Å²) >= 11 is 1.70. The van der Waals surface area contributed by atoms with Crippen LogP contribution in [0.25, 0.3) is 11.2 Å². The van der Waals surface area contributed by atoms with Crippen LogP contribution in [0, 0.1) is 17.2 Å². The van der Waals surface area contributed by atoms with Gasteiger partial charge in [0, 0.05) is 5.25 Å². The van der Waals surface area contributed by atoms with E-state index in [2.05, 4.69) is 26.0 Å². The smallest absolute Gasteiger partial charge is 0.181 e. The van der Waals surface area contributed by atoms with Gasteiger partial charge in [0.05, 0.1) is 18.3 Å². The molecule has 6 heteroatoms. The minimum absolute atomic E-state index is 0.125. The average molecular weight is 273 g/mol. The van der Waals surface area contributed by atoms with Crippen LogP contribution < -0.4 is 0 Å². The van der Waals surface area contributed by atoms with Crippen LogP contribution in [-0.4, -0.2) is 25.2 Å². The highest BCUT2D eigenvalue weighted by atomic mass is 32.2. The van der Waals surface area contributed by atoms with Gasteiger partial charge in [0.15, 0.2) is 5.65 Å². The molecule has 1 aliphatic carbocycles. The summed E-state index contributed by atoms with van der Waals surface area (Å²) in [6, 6.07) is 2.47. The quantitative estimate of drug-likeness (QED) is 0.672. The maximum atomic E-state index is 9.32. The minimum Gasteiger partial charge on any atom is -0.341 e. The molecule has 2 heterocycles. The van der Waals surface area contributed by atoms with E-state index in [1.165, 1.54) is 19.3 Å². The highest BCUT2D eigenvalue weighted by Crippen LogP contribution is 2.37. The number of nitrogens with one attached hydrogen (secondary N) is 1. The van der Waals surface area contributed by atoms with Gasteiger partial charge >= 0.3 is 0 Å². The first-order valence-corrected chi connectivity index (χ1v) is 7.47. The van der Waals surface area contributed by atoms with Gasteiger partial charge in [-0.25, -0.2) is 15.0 Å². The lowest BCUT2D eigenvalue weighted by Crippen LogP contribution is -2.14. The van der Waals surface area contributed by atoms with Crippen molar-refractivity contribution in [3.05, 3.63) is 12.7 Å². The Bertz CT molecular complexity index is 602. The summed E-state index contributed by atoms with van der Waals surface area (Å²) in [5.41, 5.74) is 1.58. The van der Waals surface area contributed by atoms with E-state index >= 15 is 0 Å². The first-order valence-electron chi connectivity index (χ1n) is 6.59. The molecular formula is C13H15N5S. The van der Waals surface area contributed by atoms with E-state index in [-0.39, 0.29) is 5.92 Å². The zero-order valence-electron chi connectivity index (χ0n) is 10.5. The predicted molar refractivity (Wildman–Crippen MR) is 73.5 cm³/mol. The molecule has 2 atom stereocenters. The summed E-state index contributed by atoms with van der Waals surface area (Å²) in [6.07, 6.45) is 8.87. The summed E-state index contributed by atoms with van der Waals surface area (Å²) in [4.78, 5) is 15.7. The zero-order chi connectivity index (χ0) is 13.1. The van der Waals surface area contributed by atoms with Gasteiger partial charge in [-0.1, -0.05) is 31.0 Å². The Balaban J connectivity index is 1.86. The lowest BCUT2D eigenvalue weighted by atomic mass is 10.0. The van der Waals surface area contributed by atoms with Crippen LogP contribution in [0.1, 0.15) is 32.1 Å². The highest BCUT2D eigenvalue weighted by Gasteiger charge is 2.25. The third-order valence-corrected chi connectivity index (χ3v) is 4.97. The zero-order valence-corrected chi connectivity index (χ0v) is 11.4. The van der Waals surface area contributed by atoms with Gasteiger partial charge in [-0.3, -0.25) is 0 Å². The molecule has 19 heavy (non-hydrogen) atoms. The molecule has 2 unspecified atom stereocenters. The monoisotopic (exact) mass is 273 g/mol. The van der Waals surface area contributed by atoms with Gasteiger partial charge in [0.2, 0.25) is 0 Å². The molecule has 0 aliphatic heterocycles. The Morgan fingerprint density at radius 3 is 3.00 bits per heavy atom. The summed E-state index contributed by atoms with van der Waals surface area (Å²) in [5, 5.41) is 10.6. The fourth-order valence-electron chi connectivity index (χ4n) is 2.54. The number of fused-ring (bicyclic) bond motifs is 1. The fraction of sp³-hybridized carbons (Fsp3) is 0.538. The summed E-state index contributed by atoms with van der Waals surface area (Å²) in [5.74, 6) is 0.125. The van der Waals surface area contributed by atoms with Crippen LogP contribution in [0.5, 0.6) is 0 Å². The number of nitrogens with zero attached hydrogens (tertiary/aromatic N) is 4. The normalized spacial score (nSPS) is 23.9. The SMILES string of the molecule is N#CC1CCCCCC1Sc1ncnc2nc[nH]c12. The second-order valence-electron chi connectivity index (χ2n) is 4.81. The van der Waals surface area contributed by atoms with Crippen LogP contribution >= 0.6 is 11.8 Å². The molecule has 2 aromatic heterocycles. The highest BCUT2D eigenvalue weighted by molar-refractivity contribution is 8.00. The molecule has 0 aromatic carbocycles. The third-order valence-electron chi connectivity index (χ3n) is 3.57. The maximum Gasteiger partial charge on any atom is 0.181 e. The van der Waals surface area contributed by atoms with Crippen molar-refractivity contribution in [3.63, 3.8) is 0 Å². The molecule has 1 fully saturated rings. The van der Waals surface area contributed by atoms with Crippen molar-refractivity contribution in [2.24, 2.45) is 5.92 Å². The van der Waals surface area contributed by atoms with E-state index < -0.39 is 0 Å². The molecule has 5 nitrogen and oxygen atoms in total. The van der Waals surface area contributed by atoms with Gasteiger partial charge in [-0.2, -0.15) is 5.26 Å². The molecule has 98 valence electrons. The Hall–Kier alpha value is -1.61. The molecule has 1 aliphatic rings. The number of hydrogen-bond donors (Lipinski definition) is 1. The minimum atomic E-state index is 0.125. The molecule has 0 saturated heterocycles. The van der Waals surface area contributed by atoms with Gasteiger partial charge in [-0.15, -0.1) is 0 Å². The predicted octanol–water partition coefficient (Wildman–Crippen LogP) is 2.92. The number of imidazole rings is 1. The topological polar surface area (TPSA) is 78.2 Å². The van der Waals surface area contributed by atoms with Crippen molar-refractivity contribution in [2.45, 2.75) is 42.4 Å². The molecule has 2 aromatic rings. The average Bonchev–Trinajstić information content (AvgIpc) is 2.80. The Morgan fingerprint density at radius 1 is 1.21 bits per heavy atom. The van der Waals surface area contributed by atoms with Crippen molar-refractivity contribution in [3.8, 4) is 6.07 Å². The third kappa shape index (κ3) is 2.56. The summed E-state index contributed by atoms with van der Waals surface area (Å²) in [7, 11) is 0. The molecule has 0 bridgehead atoms. The van der Waals surface area contributed by atoms with Crippen molar-refractivity contribution in [1.82, 2.24) is 19.9 Å². The Kier molecular flexibility index (Phi) is 3.65. The number of nitriles is 1. The Morgan fingerprint density at radius 2 is 2.11 bits per heavy atom. The van der Waals surface area contributed by atoms with Gasteiger partial charge in [0.1, 0.15) is 16.9 Å². The van der Waals surface area contributed by atoms with Crippen LogP contribution in [0.15, 0.2) is 17.7 Å². The Labute approximate surface area is 115 Å². The van der Waals surface area contributed by atoms with Crippen LogP contribution in [0.4, 0.5) is 0 Å². The van der Waals surface area contributed by atoms with Crippen LogP contribution in [-0.2, 0) is 0 Å². The number of thioether (sulfide) groups is 1. The lowest BCUT2D eigenvalue weighted by Gasteiger charge is -2.18. The largest absolute Gasteiger partial charge is 0.341 e. The van der Waals surface area contributed by atoms with Gasteiger partial charge in [0.25, 0.3) is 0 Å². The molecule has 3 rings (SSSR count). The summed E-state index contributed by atoms with van der Waals surface area (Å²) < 4.78 is 0. The van der Waals surface area contributed by atoms with E-state index in [9.17, 15) is 5.26 Å². The van der Waals surface area contributed by atoms with E-state index in [1.807, 2.05) is 0 Å². The second kappa shape index (κ2) is 5.57. The maximum absolute atomic E-state index is 9.32. The van der Waals surface area contributed by atoms with Crippen molar-refractivity contribution < 1.29 is 0 Å². The first kappa shape index (κ1) is 12.4. The van der Waals surface area contributed by atoms with Crippen molar-refractivity contribution >= 4 is 22.9 Å². The van der Waals surface area contributed by atoms with Crippen molar-refractivity contribution in [1.29, 1.82) is 5.26 Å². The number of aromatic amines is 1. The lowest BCUT2D eigenvalue weighted by molar-refractivity contribution is 0.585. The fourth-order valence-corrected chi connectivity index (χ4v) is 3.85. The molecule has 0 spiro atoms. The van der Waals surface area contributed by atoms with Crippen LogP contribution in [0.3, 0.4) is 0 Å². The molecule has 0 amide bonds. The number of hydrogen-bond acceptors (Lipinski definition) is 5. The van der Waals surface area contributed by atoms with E-state index in [0.29, 0.717) is 10.9 Å². The standard InChI is InChI=1S/C13H15N5S/c14-6-9-4-2-1-3-5-10(9)19-13-11-12(16-7-15-11)17-8-18-13/h7-10H,1-5H2,(H,15,16,17,18). The van der Waals surface area contributed by atoms with E-state index in [0.717, 1.165) is 23.4 Å². The van der Waals surface area contributed by atoms with Crippen molar-refractivity contribution in [2.75, 3.05) is 0 Å².